The molecule has 3 heterocycles. The minimum Gasteiger partial charge on any atom is -0.342 e. The molecule has 0 bridgehead atoms. The van der Waals surface area contributed by atoms with Crippen molar-refractivity contribution < 1.29 is 4.39 Å². The fourth-order valence-corrected chi connectivity index (χ4v) is 2.31. The molecule has 3 nitrogen and oxygen atoms in total. The van der Waals surface area contributed by atoms with Crippen LogP contribution in [0.25, 0.3) is 11.0 Å². The first-order chi connectivity index (χ1) is 7.83. The second kappa shape index (κ2) is 6.36. The molecule has 6 heteroatoms. The van der Waals surface area contributed by atoms with Gasteiger partial charge in [-0.25, -0.2) is 9.37 Å². The molecule has 1 saturated heterocycles. The number of fused-ring (bicyclic) bond motifs is 1. The molecule has 0 radical (unpaired) electrons. The lowest BCUT2D eigenvalue weighted by molar-refractivity contribution is 0.407. The van der Waals surface area contributed by atoms with Crippen molar-refractivity contribution in [3.05, 3.63) is 29.8 Å². The summed E-state index contributed by atoms with van der Waals surface area (Å²) in [6, 6.07) is 3.88. The monoisotopic (exact) mass is 291 g/mol. The molecule has 18 heavy (non-hydrogen) atoms. The molecular weight excluding hydrogens is 276 g/mol. The number of piperidine rings is 1. The third-order valence-corrected chi connectivity index (χ3v) is 3.14. The number of hydrogen-bond donors (Lipinski definition) is 2. The van der Waals surface area contributed by atoms with Crippen molar-refractivity contribution in [1.29, 1.82) is 0 Å². The molecule has 1 aliphatic rings. The van der Waals surface area contributed by atoms with Gasteiger partial charge in [-0.3, -0.25) is 0 Å². The molecule has 0 saturated carbocycles. The lowest BCUT2D eigenvalue weighted by atomic mass is 10.0. The fourth-order valence-electron chi connectivity index (χ4n) is 2.31. The number of hydrogen-bond acceptors (Lipinski definition) is 2. The molecule has 1 aliphatic heterocycles. The van der Waals surface area contributed by atoms with E-state index in [1.54, 1.807) is 0 Å². The molecule has 1 fully saturated rings. The van der Waals surface area contributed by atoms with Crippen LogP contribution in [0.15, 0.2) is 18.3 Å². The van der Waals surface area contributed by atoms with Gasteiger partial charge in [-0.2, -0.15) is 0 Å². The summed E-state index contributed by atoms with van der Waals surface area (Å²) in [7, 11) is 0. The molecule has 1 unspecified atom stereocenters. The summed E-state index contributed by atoms with van der Waals surface area (Å²) in [6.45, 7) is 1.06. The summed E-state index contributed by atoms with van der Waals surface area (Å²) in [5.41, 5.74) is 1.89. The van der Waals surface area contributed by atoms with Crippen molar-refractivity contribution in [3.8, 4) is 0 Å². The Balaban J connectivity index is 0.000000810. The summed E-state index contributed by atoms with van der Waals surface area (Å²) < 4.78 is 13.0. The topological polar surface area (TPSA) is 40.7 Å². The van der Waals surface area contributed by atoms with Gasteiger partial charge in [0.2, 0.25) is 0 Å². The highest BCUT2D eigenvalue weighted by Gasteiger charge is 2.16. The SMILES string of the molecule is Cl.Cl.Fc1cnc2[nH]c(C3CCCCN3)cc2c1. The largest absolute Gasteiger partial charge is 0.342 e. The molecule has 0 amide bonds. The first kappa shape index (κ1) is 15.2. The van der Waals surface area contributed by atoms with Gasteiger partial charge >= 0.3 is 0 Å². The molecule has 0 spiro atoms. The summed E-state index contributed by atoms with van der Waals surface area (Å²) in [5.74, 6) is -0.283. The lowest BCUT2D eigenvalue weighted by Crippen LogP contribution is -2.26. The van der Waals surface area contributed by atoms with E-state index in [0.717, 1.165) is 29.7 Å². The summed E-state index contributed by atoms with van der Waals surface area (Å²) in [6.07, 6.45) is 4.87. The van der Waals surface area contributed by atoms with Crippen LogP contribution >= 0.6 is 24.8 Å². The highest BCUT2D eigenvalue weighted by atomic mass is 35.5. The molecule has 0 aliphatic carbocycles. The first-order valence-electron chi connectivity index (χ1n) is 5.70. The quantitative estimate of drug-likeness (QED) is 0.846. The minimum absolute atomic E-state index is 0. The van der Waals surface area contributed by atoms with Crippen LogP contribution in [0.5, 0.6) is 0 Å². The van der Waals surface area contributed by atoms with Crippen LogP contribution in [0.4, 0.5) is 4.39 Å². The number of halogens is 3. The maximum atomic E-state index is 13.0. The van der Waals surface area contributed by atoms with Gasteiger partial charge in [0.05, 0.1) is 6.20 Å². The van der Waals surface area contributed by atoms with Crippen molar-refractivity contribution in [2.45, 2.75) is 25.3 Å². The van der Waals surface area contributed by atoms with Crippen LogP contribution in [-0.2, 0) is 0 Å². The molecule has 2 aromatic heterocycles. The molecule has 2 aromatic rings. The Morgan fingerprint density at radius 3 is 2.78 bits per heavy atom. The summed E-state index contributed by atoms with van der Waals surface area (Å²) in [4.78, 5) is 7.29. The van der Waals surface area contributed by atoms with Gasteiger partial charge < -0.3 is 10.3 Å². The van der Waals surface area contributed by atoms with Crippen molar-refractivity contribution in [3.63, 3.8) is 0 Å². The van der Waals surface area contributed by atoms with E-state index in [2.05, 4.69) is 15.3 Å². The average molecular weight is 292 g/mol. The van der Waals surface area contributed by atoms with E-state index in [1.165, 1.54) is 25.1 Å². The number of aromatic amines is 1. The first-order valence-corrected chi connectivity index (χ1v) is 5.70. The molecule has 1 atom stereocenters. The van der Waals surface area contributed by atoms with Gasteiger partial charge in [-0.1, -0.05) is 6.42 Å². The summed E-state index contributed by atoms with van der Waals surface area (Å²) >= 11 is 0. The van der Waals surface area contributed by atoms with Gasteiger partial charge in [-0.05, 0) is 31.5 Å². The van der Waals surface area contributed by atoms with E-state index in [1.807, 2.05) is 6.07 Å². The Kier molecular flexibility index (Phi) is 5.38. The van der Waals surface area contributed by atoms with Crippen molar-refractivity contribution >= 4 is 35.8 Å². The molecular formula is C12H16Cl2FN3. The number of aromatic nitrogens is 2. The van der Waals surface area contributed by atoms with Gasteiger partial charge in [0.25, 0.3) is 0 Å². The van der Waals surface area contributed by atoms with Crippen molar-refractivity contribution in [2.75, 3.05) is 6.54 Å². The zero-order valence-electron chi connectivity index (χ0n) is 9.78. The average Bonchev–Trinajstić information content (AvgIpc) is 2.73. The minimum atomic E-state index is -0.283. The Bertz CT molecular complexity index is 509. The molecule has 0 aromatic carbocycles. The number of nitrogens with one attached hydrogen (secondary N) is 2. The van der Waals surface area contributed by atoms with E-state index in [0.29, 0.717) is 6.04 Å². The zero-order valence-corrected chi connectivity index (χ0v) is 11.4. The van der Waals surface area contributed by atoms with E-state index >= 15 is 0 Å². The van der Waals surface area contributed by atoms with Gasteiger partial charge in [0, 0.05) is 17.1 Å². The van der Waals surface area contributed by atoms with Crippen LogP contribution < -0.4 is 5.32 Å². The third kappa shape index (κ3) is 2.94. The third-order valence-electron chi connectivity index (χ3n) is 3.14. The maximum absolute atomic E-state index is 13.0. The fraction of sp³-hybridized carbons (Fsp3) is 0.417. The lowest BCUT2D eigenvalue weighted by Gasteiger charge is -2.22. The van der Waals surface area contributed by atoms with Gasteiger partial charge in [0.1, 0.15) is 11.5 Å². The Morgan fingerprint density at radius 2 is 2.06 bits per heavy atom. The highest BCUT2D eigenvalue weighted by Crippen LogP contribution is 2.25. The molecule has 3 rings (SSSR count). The van der Waals surface area contributed by atoms with Crippen LogP contribution in [-0.4, -0.2) is 16.5 Å². The van der Waals surface area contributed by atoms with Crippen LogP contribution in [0.1, 0.15) is 31.0 Å². The predicted molar refractivity (Wildman–Crippen MR) is 75.1 cm³/mol. The molecule has 2 N–H and O–H groups in total. The molecule has 100 valence electrons. The second-order valence-electron chi connectivity index (χ2n) is 4.32. The van der Waals surface area contributed by atoms with Crippen molar-refractivity contribution in [2.24, 2.45) is 0 Å². The normalized spacial score (nSPS) is 19.1. The van der Waals surface area contributed by atoms with E-state index in [4.69, 9.17) is 0 Å². The Labute approximate surface area is 117 Å². The van der Waals surface area contributed by atoms with E-state index < -0.39 is 0 Å². The number of pyridine rings is 1. The van der Waals surface area contributed by atoms with E-state index in [9.17, 15) is 4.39 Å². The van der Waals surface area contributed by atoms with E-state index in [-0.39, 0.29) is 30.6 Å². The Hall–Kier alpha value is -0.840. The number of nitrogens with zero attached hydrogens (tertiary/aromatic N) is 1. The number of H-pyrrole nitrogens is 1. The summed E-state index contributed by atoms with van der Waals surface area (Å²) in [5, 5.41) is 4.31. The highest BCUT2D eigenvalue weighted by molar-refractivity contribution is 5.85. The van der Waals surface area contributed by atoms with Crippen molar-refractivity contribution in [1.82, 2.24) is 15.3 Å². The van der Waals surface area contributed by atoms with Gasteiger partial charge in [-0.15, -0.1) is 24.8 Å². The van der Waals surface area contributed by atoms with Crippen LogP contribution in [0, 0.1) is 5.82 Å². The predicted octanol–water partition coefficient (Wildman–Crippen LogP) is 3.36. The maximum Gasteiger partial charge on any atom is 0.142 e. The van der Waals surface area contributed by atoms with Gasteiger partial charge in [0.15, 0.2) is 0 Å². The van der Waals surface area contributed by atoms with Crippen LogP contribution in [0.3, 0.4) is 0 Å². The Morgan fingerprint density at radius 1 is 1.22 bits per heavy atom. The zero-order chi connectivity index (χ0) is 11.0. The van der Waals surface area contributed by atoms with Crippen LogP contribution in [0.2, 0.25) is 0 Å². The standard InChI is InChI=1S/C12H14FN3.2ClH/c13-9-5-8-6-11(16-12(8)15-7-9)10-3-1-2-4-14-10;;/h5-7,10,14H,1-4H2,(H,15,16);2*1H. The number of rotatable bonds is 1. The smallest absolute Gasteiger partial charge is 0.142 e. The second-order valence-corrected chi connectivity index (χ2v) is 4.32.